The summed E-state index contributed by atoms with van der Waals surface area (Å²) in [6.45, 7) is 0. The first-order valence-corrected chi connectivity index (χ1v) is 17.6. The second kappa shape index (κ2) is 10.7. The zero-order valence-corrected chi connectivity index (χ0v) is 28.1. The minimum atomic E-state index is 0.749. The van der Waals surface area contributed by atoms with Gasteiger partial charge in [0.2, 0.25) is 0 Å². The highest BCUT2D eigenvalue weighted by Gasteiger charge is 2.24. The number of hydrogen-bond acceptors (Lipinski definition) is 2. The average Bonchev–Trinajstić information content (AvgIpc) is 3.74. The minimum absolute atomic E-state index is 0.749. The largest absolute Gasteiger partial charge is 0.308 e. The van der Waals surface area contributed by atoms with Gasteiger partial charge in [-0.1, -0.05) is 121 Å². The molecule has 52 heavy (non-hydrogen) atoms. The molecule has 4 heteroatoms. The summed E-state index contributed by atoms with van der Waals surface area (Å²) in [5.41, 5.74) is 7.49. The summed E-state index contributed by atoms with van der Waals surface area (Å²) < 4.78 is 4.63. The van der Waals surface area contributed by atoms with Crippen LogP contribution >= 0.6 is 0 Å². The molecule has 0 aliphatic carbocycles. The van der Waals surface area contributed by atoms with Crippen LogP contribution in [0.2, 0.25) is 0 Å². The molecule has 0 bridgehead atoms. The fourth-order valence-corrected chi connectivity index (χ4v) is 8.91. The smallest absolute Gasteiger partial charge is 0.0658 e. The van der Waals surface area contributed by atoms with Crippen molar-refractivity contribution >= 4 is 99.1 Å². The van der Waals surface area contributed by atoms with Crippen molar-refractivity contribution in [3.8, 4) is 11.4 Å². The number of hydrogen-bond donors (Lipinski definition) is 2. The van der Waals surface area contributed by atoms with E-state index in [1.54, 1.807) is 0 Å². The lowest BCUT2D eigenvalue weighted by Gasteiger charge is -2.19. The fourth-order valence-electron chi connectivity index (χ4n) is 8.91. The van der Waals surface area contributed by atoms with Gasteiger partial charge in [0.1, 0.15) is 0 Å². The second-order valence-corrected chi connectivity index (χ2v) is 13.6. The number of nitrogens with one attached hydrogen (secondary N) is 2. The Morgan fingerprint density at radius 1 is 0.346 bits per heavy atom. The topological polar surface area (TPSA) is 57.6 Å². The Balaban J connectivity index is 1.34. The van der Waals surface area contributed by atoms with Crippen molar-refractivity contribution in [1.29, 1.82) is 10.8 Å². The van der Waals surface area contributed by atoms with E-state index in [0.717, 1.165) is 44.6 Å². The fraction of sp³-hybridized carbons (Fsp3) is 0. The van der Waals surface area contributed by atoms with Crippen LogP contribution in [0.15, 0.2) is 158 Å². The van der Waals surface area contributed by atoms with E-state index < -0.39 is 0 Å². The van der Waals surface area contributed by atoms with Gasteiger partial charge in [0, 0.05) is 45.1 Å². The van der Waals surface area contributed by atoms with E-state index in [2.05, 4.69) is 161 Å². The number of nitrogens with zero attached hydrogens (tertiary/aromatic N) is 2. The summed E-state index contributed by atoms with van der Waals surface area (Å²) in [4.78, 5) is 0. The van der Waals surface area contributed by atoms with Gasteiger partial charge in [-0.2, -0.15) is 0 Å². The lowest BCUT2D eigenvalue weighted by atomic mass is 10.00. The van der Waals surface area contributed by atoms with E-state index in [9.17, 15) is 0 Å². The van der Waals surface area contributed by atoms with Crippen LogP contribution in [0.1, 0.15) is 11.1 Å². The van der Waals surface area contributed by atoms with Crippen molar-refractivity contribution in [2.24, 2.45) is 0 Å². The lowest BCUT2D eigenvalue weighted by Crippen LogP contribution is -2.09. The zero-order chi connectivity index (χ0) is 34.5. The summed E-state index contributed by atoms with van der Waals surface area (Å²) in [5, 5.41) is 32.1. The van der Waals surface area contributed by atoms with Crippen LogP contribution in [0, 0.1) is 10.8 Å². The molecule has 242 valence electrons. The van der Waals surface area contributed by atoms with Crippen molar-refractivity contribution in [2.75, 3.05) is 0 Å². The maximum absolute atomic E-state index is 9.13. The standard InChI is InChI=1S/C48H30N4/c49-27-33-21-22-39(51-40-23-17-29-9-1-5-13-34(29)44(40)45-35-14-6-2-10-30(35)18-24-41(45)51)38(28-50)48(33)52-42-25-19-31-11-3-7-15-36(31)46(42)47-37-16-8-4-12-32(37)20-26-43(47)52/h1-28,49-50H. The molecular weight excluding hydrogens is 633 g/mol. The molecule has 11 aromatic rings. The summed E-state index contributed by atoms with van der Waals surface area (Å²) in [5.74, 6) is 0. The molecule has 0 amide bonds. The van der Waals surface area contributed by atoms with E-state index in [1.807, 2.05) is 6.07 Å². The number of aromatic nitrogens is 2. The first kappa shape index (κ1) is 28.8. The molecule has 0 unspecified atom stereocenters. The van der Waals surface area contributed by atoms with Crippen molar-refractivity contribution in [2.45, 2.75) is 0 Å². The highest BCUT2D eigenvalue weighted by atomic mass is 15.0. The third kappa shape index (κ3) is 3.75. The van der Waals surface area contributed by atoms with Crippen molar-refractivity contribution in [3.63, 3.8) is 0 Å². The molecule has 0 aliphatic rings. The van der Waals surface area contributed by atoms with E-state index in [1.165, 1.54) is 77.1 Å². The Morgan fingerprint density at radius 3 is 1.08 bits per heavy atom. The van der Waals surface area contributed by atoms with Crippen molar-refractivity contribution in [3.05, 3.63) is 169 Å². The Morgan fingerprint density at radius 2 is 0.712 bits per heavy atom. The van der Waals surface area contributed by atoms with Gasteiger partial charge in [0.25, 0.3) is 0 Å². The van der Waals surface area contributed by atoms with E-state index in [-0.39, 0.29) is 0 Å². The Labute approximate surface area is 298 Å². The Hall–Kier alpha value is -7.04. The molecule has 0 saturated heterocycles. The lowest BCUT2D eigenvalue weighted by molar-refractivity contribution is 1.12. The summed E-state index contributed by atoms with van der Waals surface area (Å²) >= 11 is 0. The normalized spacial score (nSPS) is 12.0. The van der Waals surface area contributed by atoms with Crippen LogP contribution in [-0.4, -0.2) is 21.6 Å². The van der Waals surface area contributed by atoms with Gasteiger partial charge in [0.05, 0.1) is 33.4 Å². The molecule has 11 rings (SSSR count). The van der Waals surface area contributed by atoms with Crippen molar-refractivity contribution in [1.82, 2.24) is 9.13 Å². The molecule has 0 radical (unpaired) electrons. The van der Waals surface area contributed by atoms with E-state index in [4.69, 9.17) is 10.8 Å². The van der Waals surface area contributed by atoms with E-state index in [0.29, 0.717) is 0 Å². The molecule has 0 saturated carbocycles. The molecule has 0 fully saturated rings. The van der Waals surface area contributed by atoms with Gasteiger partial charge in [-0.05, 0) is 79.5 Å². The molecule has 9 aromatic carbocycles. The molecule has 0 aliphatic heterocycles. The quantitative estimate of drug-likeness (QED) is 0.176. The predicted octanol–water partition coefficient (Wildman–Crippen LogP) is 12.5. The maximum atomic E-state index is 9.13. The van der Waals surface area contributed by atoms with Crippen LogP contribution in [0.4, 0.5) is 0 Å². The molecule has 4 nitrogen and oxygen atoms in total. The third-order valence-electron chi connectivity index (χ3n) is 11.1. The Kier molecular flexibility index (Phi) is 5.93. The minimum Gasteiger partial charge on any atom is -0.308 e. The van der Waals surface area contributed by atoms with Crippen LogP contribution in [0.25, 0.3) is 98.1 Å². The molecule has 0 spiro atoms. The summed E-state index contributed by atoms with van der Waals surface area (Å²) in [7, 11) is 0. The zero-order valence-electron chi connectivity index (χ0n) is 28.1. The molecule has 2 heterocycles. The van der Waals surface area contributed by atoms with Crippen LogP contribution < -0.4 is 0 Å². The van der Waals surface area contributed by atoms with Gasteiger partial charge in [-0.15, -0.1) is 0 Å². The van der Waals surface area contributed by atoms with Gasteiger partial charge >= 0.3 is 0 Å². The molecular formula is C48H30N4. The molecule has 0 atom stereocenters. The second-order valence-electron chi connectivity index (χ2n) is 13.6. The van der Waals surface area contributed by atoms with Crippen LogP contribution in [0.5, 0.6) is 0 Å². The highest BCUT2D eigenvalue weighted by Crippen LogP contribution is 2.44. The van der Waals surface area contributed by atoms with Gasteiger partial charge in [0.15, 0.2) is 0 Å². The SMILES string of the molecule is N=Cc1ccc(-n2c3ccc4ccccc4c3c3c4ccccc4ccc32)c(C=N)c1-n1c2ccc3ccccc3c2c2c3ccccc3ccc21. The molecule has 2 aromatic heterocycles. The first-order chi connectivity index (χ1) is 25.7. The highest BCUT2D eigenvalue weighted by molar-refractivity contribution is 6.30. The van der Waals surface area contributed by atoms with Crippen LogP contribution in [0.3, 0.4) is 0 Å². The predicted molar refractivity (Wildman–Crippen MR) is 221 cm³/mol. The van der Waals surface area contributed by atoms with Gasteiger partial charge < -0.3 is 20.0 Å². The summed E-state index contributed by atoms with van der Waals surface area (Å²) in [6.07, 6.45) is 2.91. The summed E-state index contributed by atoms with van der Waals surface area (Å²) in [6, 6.07) is 56.2. The Bertz CT molecular complexity index is 3160. The third-order valence-corrected chi connectivity index (χ3v) is 11.1. The number of rotatable bonds is 4. The monoisotopic (exact) mass is 662 g/mol. The van der Waals surface area contributed by atoms with Crippen LogP contribution in [-0.2, 0) is 0 Å². The van der Waals surface area contributed by atoms with E-state index >= 15 is 0 Å². The number of fused-ring (bicyclic) bond motifs is 14. The van der Waals surface area contributed by atoms with Gasteiger partial charge in [-0.25, -0.2) is 0 Å². The maximum Gasteiger partial charge on any atom is 0.0658 e. The molecule has 2 N–H and O–H groups in total. The van der Waals surface area contributed by atoms with Crippen molar-refractivity contribution < 1.29 is 0 Å². The average molecular weight is 663 g/mol. The van der Waals surface area contributed by atoms with Gasteiger partial charge in [-0.3, -0.25) is 0 Å². The first-order valence-electron chi connectivity index (χ1n) is 17.6. The number of benzene rings is 9.